The molecule has 0 fully saturated rings. The fourth-order valence-corrected chi connectivity index (χ4v) is 2.76. The maximum Gasteiger partial charge on any atom is 0.139 e. The lowest BCUT2D eigenvalue weighted by molar-refractivity contribution is 0.173. The molecule has 0 saturated carbocycles. The number of hydrogen-bond donors (Lipinski definition) is 2. The molecule has 102 valence electrons. The second-order valence-corrected chi connectivity index (χ2v) is 5.56. The summed E-state index contributed by atoms with van der Waals surface area (Å²) < 4.78 is 26.1. The van der Waals surface area contributed by atoms with Gasteiger partial charge in [0.1, 0.15) is 11.6 Å². The smallest absolute Gasteiger partial charge is 0.139 e. The standard InChI is InChI=1S/C13H19F2NOS/c1-3-16-13(2,9-17)6-7-18-12-5-4-10(14)8-11(12)15/h4-5,8,16-17H,3,6-7,9H2,1-2H3. The Bertz CT molecular complexity index is 389. The molecule has 1 rings (SSSR count). The van der Waals surface area contributed by atoms with Crippen LogP contribution < -0.4 is 5.32 Å². The van der Waals surface area contributed by atoms with Gasteiger partial charge in [-0.1, -0.05) is 6.92 Å². The van der Waals surface area contributed by atoms with Gasteiger partial charge in [-0.05, 0) is 37.8 Å². The summed E-state index contributed by atoms with van der Waals surface area (Å²) in [5.74, 6) is -0.439. The normalized spacial score (nSPS) is 14.5. The van der Waals surface area contributed by atoms with Gasteiger partial charge in [-0.15, -0.1) is 11.8 Å². The Morgan fingerprint density at radius 3 is 2.67 bits per heavy atom. The number of hydrogen-bond acceptors (Lipinski definition) is 3. The highest BCUT2D eigenvalue weighted by Gasteiger charge is 2.21. The largest absolute Gasteiger partial charge is 0.394 e. The van der Waals surface area contributed by atoms with E-state index in [9.17, 15) is 13.9 Å². The van der Waals surface area contributed by atoms with E-state index in [2.05, 4.69) is 5.32 Å². The van der Waals surface area contributed by atoms with Gasteiger partial charge < -0.3 is 10.4 Å². The SMILES string of the molecule is CCNC(C)(CO)CCSc1ccc(F)cc1F. The number of rotatable bonds is 7. The van der Waals surface area contributed by atoms with Crippen molar-refractivity contribution in [3.05, 3.63) is 29.8 Å². The molecule has 0 bridgehead atoms. The quantitative estimate of drug-likeness (QED) is 0.751. The first-order chi connectivity index (χ1) is 8.50. The first-order valence-corrected chi connectivity index (χ1v) is 6.93. The number of aliphatic hydroxyl groups is 1. The molecule has 1 aromatic carbocycles. The fraction of sp³-hybridized carbons (Fsp3) is 0.538. The van der Waals surface area contributed by atoms with E-state index >= 15 is 0 Å². The molecule has 1 aromatic rings. The number of likely N-dealkylation sites (N-methyl/N-ethyl adjacent to an activating group) is 1. The number of halogens is 2. The third-order valence-electron chi connectivity index (χ3n) is 2.76. The summed E-state index contributed by atoms with van der Waals surface area (Å²) in [5, 5.41) is 12.5. The van der Waals surface area contributed by atoms with Crippen LogP contribution in [0.15, 0.2) is 23.1 Å². The van der Waals surface area contributed by atoms with Crippen molar-refractivity contribution in [2.75, 3.05) is 18.9 Å². The molecule has 0 saturated heterocycles. The first kappa shape index (κ1) is 15.4. The van der Waals surface area contributed by atoms with E-state index in [1.165, 1.54) is 23.9 Å². The van der Waals surface area contributed by atoms with Crippen LogP contribution in [-0.4, -0.2) is 29.5 Å². The third-order valence-corrected chi connectivity index (χ3v) is 3.81. The Balaban J connectivity index is 2.50. The average Bonchev–Trinajstić information content (AvgIpc) is 2.32. The zero-order chi connectivity index (χ0) is 13.6. The molecule has 0 aliphatic heterocycles. The molecule has 0 amide bonds. The molecular weight excluding hydrogens is 256 g/mol. The number of nitrogens with one attached hydrogen (secondary N) is 1. The second-order valence-electron chi connectivity index (χ2n) is 4.42. The monoisotopic (exact) mass is 275 g/mol. The summed E-state index contributed by atoms with van der Waals surface area (Å²) in [6, 6.07) is 3.58. The van der Waals surface area contributed by atoms with Crippen LogP contribution in [0.4, 0.5) is 8.78 Å². The van der Waals surface area contributed by atoms with Gasteiger partial charge >= 0.3 is 0 Å². The lowest BCUT2D eigenvalue weighted by Crippen LogP contribution is -2.46. The predicted molar refractivity (Wildman–Crippen MR) is 70.9 cm³/mol. The number of thioether (sulfide) groups is 1. The van der Waals surface area contributed by atoms with Crippen LogP contribution in [0.1, 0.15) is 20.3 Å². The van der Waals surface area contributed by atoms with Crippen LogP contribution >= 0.6 is 11.8 Å². The van der Waals surface area contributed by atoms with Crippen molar-refractivity contribution < 1.29 is 13.9 Å². The van der Waals surface area contributed by atoms with Crippen LogP contribution in [0.5, 0.6) is 0 Å². The van der Waals surface area contributed by atoms with E-state index < -0.39 is 11.6 Å². The summed E-state index contributed by atoms with van der Waals surface area (Å²) in [6.07, 6.45) is 0.707. The predicted octanol–water partition coefficient (Wildman–Crippen LogP) is 2.81. The van der Waals surface area contributed by atoms with E-state index in [1.54, 1.807) is 0 Å². The van der Waals surface area contributed by atoms with Gasteiger partial charge in [-0.25, -0.2) is 8.78 Å². The minimum Gasteiger partial charge on any atom is -0.394 e. The Hall–Kier alpha value is -0.650. The highest BCUT2D eigenvalue weighted by Crippen LogP contribution is 2.25. The first-order valence-electron chi connectivity index (χ1n) is 5.94. The van der Waals surface area contributed by atoms with Crippen molar-refractivity contribution >= 4 is 11.8 Å². The Kier molecular flexibility index (Phi) is 6.05. The Morgan fingerprint density at radius 2 is 2.11 bits per heavy atom. The molecular formula is C13H19F2NOS. The molecule has 18 heavy (non-hydrogen) atoms. The molecule has 1 atom stereocenters. The summed E-state index contributed by atoms with van der Waals surface area (Å²) in [7, 11) is 0. The van der Waals surface area contributed by atoms with Crippen molar-refractivity contribution in [1.82, 2.24) is 5.32 Å². The molecule has 0 aromatic heterocycles. The minimum absolute atomic E-state index is 0.0350. The van der Waals surface area contributed by atoms with Crippen LogP contribution in [0.25, 0.3) is 0 Å². The summed E-state index contributed by atoms with van der Waals surface area (Å²) in [5.41, 5.74) is -0.349. The van der Waals surface area contributed by atoms with Crippen molar-refractivity contribution in [2.45, 2.75) is 30.7 Å². The topological polar surface area (TPSA) is 32.3 Å². The molecule has 0 spiro atoms. The van der Waals surface area contributed by atoms with Gasteiger partial charge in [0, 0.05) is 16.5 Å². The summed E-state index contributed by atoms with van der Waals surface area (Å²) >= 11 is 1.33. The number of benzene rings is 1. The molecule has 2 N–H and O–H groups in total. The van der Waals surface area contributed by atoms with Crippen LogP contribution in [0, 0.1) is 11.6 Å². The summed E-state index contributed by atoms with van der Waals surface area (Å²) in [6.45, 7) is 4.71. The van der Waals surface area contributed by atoms with Crippen molar-refractivity contribution in [1.29, 1.82) is 0 Å². The van der Waals surface area contributed by atoms with Crippen molar-refractivity contribution in [3.8, 4) is 0 Å². The summed E-state index contributed by atoms with van der Waals surface area (Å²) in [4.78, 5) is 0.438. The van der Waals surface area contributed by atoms with Crippen LogP contribution in [-0.2, 0) is 0 Å². The van der Waals surface area contributed by atoms with E-state index in [4.69, 9.17) is 0 Å². The zero-order valence-corrected chi connectivity index (χ0v) is 11.5. The lowest BCUT2D eigenvalue weighted by Gasteiger charge is -2.28. The maximum atomic E-state index is 13.4. The fourth-order valence-electron chi connectivity index (χ4n) is 1.63. The van der Waals surface area contributed by atoms with Gasteiger partial charge in [0.05, 0.1) is 6.61 Å². The third kappa shape index (κ3) is 4.55. The van der Waals surface area contributed by atoms with Gasteiger partial charge in [-0.3, -0.25) is 0 Å². The number of aliphatic hydroxyl groups excluding tert-OH is 1. The van der Waals surface area contributed by atoms with Crippen LogP contribution in [0.3, 0.4) is 0 Å². The van der Waals surface area contributed by atoms with E-state index in [0.29, 0.717) is 17.1 Å². The zero-order valence-electron chi connectivity index (χ0n) is 10.7. The molecule has 2 nitrogen and oxygen atoms in total. The molecule has 1 unspecified atom stereocenters. The van der Waals surface area contributed by atoms with Gasteiger partial charge in [0.2, 0.25) is 0 Å². The Labute approximate surface area is 111 Å². The van der Waals surface area contributed by atoms with E-state index in [0.717, 1.165) is 12.6 Å². The van der Waals surface area contributed by atoms with Crippen LogP contribution in [0.2, 0.25) is 0 Å². The Morgan fingerprint density at radius 1 is 1.39 bits per heavy atom. The molecule has 0 heterocycles. The average molecular weight is 275 g/mol. The second kappa shape index (κ2) is 7.07. The highest BCUT2D eigenvalue weighted by atomic mass is 32.2. The van der Waals surface area contributed by atoms with Gasteiger partial charge in [-0.2, -0.15) is 0 Å². The molecule has 0 aliphatic carbocycles. The van der Waals surface area contributed by atoms with Crippen molar-refractivity contribution in [3.63, 3.8) is 0 Å². The molecule has 0 radical (unpaired) electrons. The highest BCUT2D eigenvalue weighted by molar-refractivity contribution is 7.99. The minimum atomic E-state index is -0.565. The molecule has 5 heteroatoms. The van der Waals surface area contributed by atoms with Gasteiger partial charge in [0.15, 0.2) is 0 Å². The lowest BCUT2D eigenvalue weighted by atomic mass is 10.0. The van der Waals surface area contributed by atoms with E-state index in [-0.39, 0.29) is 12.1 Å². The molecule has 0 aliphatic rings. The van der Waals surface area contributed by atoms with Crippen molar-refractivity contribution in [2.24, 2.45) is 0 Å². The maximum absolute atomic E-state index is 13.4. The van der Waals surface area contributed by atoms with E-state index in [1.807, 2.05) is 13.8 Å². The van der Waals surface area contributed by atoms with Gasteiger partial charge in [0.25, 0.3) is 0 Å².